The fraction of sp³-hybridized carbons (Fsp3) is 0.545. The summed E-state index contributed by atoms with van der Waals surface area (Å²) in [6, 6.07) is 3.42. The number of amides is 1. The first-order chi connectivity index (χ1) is 7.14. The lowest BCUT2D eigenvalue weighted by Gasteiger charge is -2.21. The van der Waals surface area contributed by atoms with Gasteiger partial charge in [0.25, 0.3) is 5.91 Å². The number of carbonyl (C=O) groups excluding carboxylic acids is 1. The quantitative estimate of drug-likeness (QED) is 0.858. The van der Waals surface area contributed by atoms with Crippen LogP contribution in [0.15, 0.2) is 22.8 Å². The second-order valence-corrected chi connectivity index (χ2v) is 4.47. The largest absolute Gasteiger partial charge is 0.459 e. The van der Waals surface area contributed by atoms with Crippen molar-refractivity contribution in [1.29, 1.82) is 0 Å². The lowest BCUT2D eigenvalue weighted by molar-refractivity contribution is 0.0745. The van der Waals surface area contributed by atoms with E-state index in [1.54, 1.807) is 12.1 Å². The summed E-state index contributed by atoms with van der Waals surface area (Å²) in [6.45, 7) is 4.23. The van der Waals surface area contributed by atoms with E-state index in [0.717, 1.165) is 19.5 Å². The monoisotopic (exact) mass is 244 g/mol. The number of halogens is 1. The van der Waals surface area contributed by atoms with Gasteiger partial charge >= 0.3 is 0 Å². The molecule has 1 atom stereocenters. The van der Waals surface area contributed by atoms with Crippen LogP contribution in [0.25, 0.3) is 0 Å². The molecule has 1 aliphatic rings. The van der Waals surface area contributed by atoms with E-state index in [-0.39, 0.29) is 23.7 Å². The van der Waals surface area contributed by atoms with E-state index in [0.29, 0.717) is 12.3 Å². The summed E-state index contributed by atoms with van der Waals surface area (Å²) < 4.78 is 5.09. The van der Waals surface area contributed by atoms with Crippen LogP contribution in [0, 0.1) is 5.41 Å². The lowest BCUT2D eigenvalue weighted by atomic mass is 9.90. The molecule has 16 heavy (non-hydrogen) atoms. The van der Waals surface area contributed by atoms with Crippen LogP contribution >= 0.6 is 12.4 Å². The summed E-state index contributed by atoms with van der Waals surface area (Å²) in [5, 5.41) is 0. The van der Waals surface area contributed by atoms with Crippen LogP contribution < -0.4 is 5.73 Å². The van der Waals surface area contributed by atoms with Crippen molar-refractivity contribution in [3.8, 4) is 0 Å². The number of rotatable bonds is 2. The molecule has 0 saturated carbocycles. The molecule has 1 fully saturated rings. The summed E-state index contributed by atoms with van der Waals surface area (Å²) in [6.07, 6.45) is 2.49. The van der Waals surface area contributed by atoms with Crippen molar-refractivity contribution < 1.29 is 9.21 Å². The van der Waals surface area contributed by atoms with Gasteiger partial charge in [-0.05, 0) is 30.5 Å². The average Bonchev–Trinajstić information content (AvgIpc) is 2.86. The molecule has 1 amide bonds. The number of likely N-dealkylation sites (tertiary alicyclic amines) is 1. The van der Waals surface area contributed by atoms with Crippen LogP contribution in [0.1, 0.15) is 23.9 Å². The fourth-order valence-corrected chi connectivity index (χ4v) is 1.92. The SMILES string of the molecule is CC1(CN)CCN(C(=O)c2ccco2)C1.Cl. The first-order valence-electron chi connectivity index (χ1n) is 5.17. The Kier molecular flexibility index (Phi) is 3.99. The molecular formula is C11H17ClN2O2. The van der Waals surface area contributed by atoms with Crippen LogP contribution in [-0.4, -0.2) is 30.4 Å². The van der Waals surface area contributed by atoms with E-state index < -0.39 is 0 Å². The molecule has 5 heteroatoms. The minimum Gasteiger partial charge on any atom is -0.459 e. The number of nitrogens with two attached hydrogens (primary N) is 1. The molecule has 1 saturated heterocycles. The molecule has 4 nitrogen and oxygen atoms in total. The smallest absolute Gasteiger partial charge is 0.289 e. The number of hydrogen-bond acceptors (Lipinski definition) is 3. The molecule has 0 radical (unpaired) electrons. The zero-order valence-electron chi connectivity index (χ0n) is 9.31. The Morgan fingerprint density at radius 1 is 1.69 bits per heavy atom. The Bertz CT molecular complexity index is 353. The minimum atomic E-state index is -0.0304. The molecule has 1 unspecified atom stereocenters. The van der Waals surface area contributed by atoms with Gasteiger partial charge in [-0.15, -0.1) is 12.4 Å². The summed E-state index contributed by atoms with van der Waals surface area (Å²) >= 11 is 0. The molecule has 1 aromatic heterocycles. The van der Waals surface area contributed by atoms with Gasteiger partial charge in [0, 0.05) is 13.1 Å². The van der Waals surface area contributed by atoms with Crippen molar-refractivity contribution in [2.75, 3.05) is 19.6 Å². The average molecular weight is 245 g/mol. The normalized spacial score (nSPS) is 24.2. The number of furan rings is 1. The van der Waals surface area contributed by atoms with E-state index in [9.17, 15) is 4.79 Å². The summed E-state index contributed by atoms with van der Waals surface area (Å²) in [4.78, 5) is 13.7. The fourth-order valence-electron chi connectivity index (χ4n) is 1.92. The third kappa shape index (κ3) is 2.39. The maximum absolute atomic E-state index is 11.9. The van der Waals surface area contributed by atoms with Gasteiger partial charge in [-0.25, -0.2) is 0 Å². The molecule has 0 bridgehead atoms. The van der Waals surface area contributed by atoms with Gasteiger partial charge in [0.1, 0.15) is 0 Å². The van der Waals surface area contributed by atoms with Crippen molar-refractivity contribution in [2.45, 2.75) is 13.3 Å². The molecule has 90 valence electrons. The third-order valence-electron chi connectivity index (χ3n) is 3.07. The van der Waals surface area contributed by atoms with E-state index in [1.165, 1.54) is 6.26 Å². The molecular weight excluding hydrogens is 228 g/mol. The van der Waals surface area contributed by atoms with Crippen molar-refractivity contribution >= 4 is 18.3 Å². The van der Waals surface area contributed by atoms with Crippen molar-refractivity contribution in [1.82, 2.24) is 4.90 Å². The lowest BCUT2D eigenvalue weighted by Crippen LogP contribution is -2.34. The topological polar surface area (TPSA) is 59.5 Å². The van der Waals surface area contributed by atoms with Gasteiger partial charge < -0.3 is 15.1 Å². The molecule has 1 aromatic rings. The van der Waals surface area contributed by atoms with Gasteiger partial charge in [0.15, 0.2) is 5.76 Å². The van der Waals surface area contributed by atoms with Gasteiger partial charge in [0.05, 0.1) is 6.26 Å². The number of nitrogens with zero attached hydrogens (tertiary/aromatic N) is 1. The second-order valence-electron chi connectivity index (χ2n) is 4.47. The third-order valence-corrected chi connectivity index (χ3v) is 3.07. The van der Waals surface area contributed by atoms with Crippen molar-refractivity contribution in [2.24, 2.45) is 11.1 Å². The first-order valence-corrected chi connectivity index (χ1v) is 5.17. The minimum absolute atomic E-state index is 0. The van der Waals surface area contributed by atoms with Gasteiger partial charge in [-0.1, -0.05) is 6.92 Å². The van der Waals surface area contributed by atoms with E-state index in [1.807, 2.05) is 4.90 Å². The molecule has 2 rings (SSSR count). The first kappa shape index (κ1) is 13.1. The van der Waals surface area contributed by atoms with Crippen molar-refractivity contribution in [3.05, 3.63) is 24.2 Å². The highest BCUT2D eigenvalue weighted by atomic mass is 35.5. The standard InChI is InChI=1S/C11H16N2O2.ClH/c1-11(7-12)4-5-13(8-11)10(14)9-3-2-6-15-9;/h2-3,6H,4-5,7-8,12H2,1H3;1H. The van der Waals surface area contributed by atoms with E-state index in [4.69, 9.17) is 10.2 Å². The molecule has 2 N–H and O–H groups in total. The Morgan fingerprint density at radius 2 is 2.44 bits per heavy atom. The predicted octanol–water partition coefficient (Wildman–Crippen LogP) is 1.51. The summed E-state index contributed by atoms with van der Waals surface area (Å²) in [7, 11) is 0. The Balaban J connectivity index is 0.00000128. The number of carbonyl (C=O) groups is 1. The predicted molar refractivity (Wildman–Crippen MR) is 63.6 cm³/mol. The van der Waals surface area contributed by atoms with E-state index in [2.05, 4.69) is 6.92 Å². The van der Waals surface area contributed by atoms with Crippen LogP contribution in [0.5, 0.6) is 0 Å². The van der Waals surface area contributed by atoms with Gasteiger partial charge in [-0.2, -0.15) is 0 Å². The number of hydrogen-bond donors (Lipinski definition) is 1. The molecule has 0 aliphatic carbocycles. The highest BCUT2D eigenvalue weighted by Crippen LogP contribution is 2.29. The Hall–Kier alpha value is -1.00. The molecule has 0 aromatic carbocycles. The molecule has 1 aliphatic heterocycles. The Morgan fingerprint density at radius 3 is 2.94 bits per heavy atom. The van der Waals surface area contributed by atoms with Crippen LogP contribution in [0.2, 0.25) is 0 Å². The van der Waals surface area contributed by atoms with Crippen LogP contribution in [0.4, 0.5) is 0 Å². The molecule has 0 spiro atoms. The van der Waals surface area contributed by atoms with Crippen LogP contribution in [0.3, 0.4) is 0 Å². The van der Waals surface area contributed by atoms with E-state index >= 15 is 0 Å². The summed E-state index contributed by atoms with van der Waals surface area (Å²) in [5.74, 6) is 0.383. The maximum Gasteiger partial charge on any atom is 0.289 e. The second kappa shape index (κ2) is 4.89. The van der Waals surface area contributed by atoms with Crippen molar-refractivity contribution in [3.63, 3.8) is 0 Å². The van der Waals surface area contributed by atoms with Gasteiger partial charge in [0.2, 0.25) is 0 Å². The zero-order valence-corrected chi connectivity index (χ0v) is 10.1. The van der Waals surface area contributed by atoms with Gasteiger partial charge in [-0.3, -0.25) is 4.79 Å². The highest BCUT2D eigenvalue weighted by molar-refractivity contribution is 5.91. The zero-order chi connectivity index (χ0) is 10.9. The maximum atomic E-state index is 11.9. The molecule has 2 heterocycles. The highest BCUT2D eigenvalue weighted by Gasteiger charge is 2.35. The Labute approximate surface area is 101 Å². The van der Waals surface area contributed by atoms with Crippen LogP contribution in [-0.2, 0) is 0 Å². The summed E-state index contributed by atoms with van der Waals surface area (Å²) in [5.41, 5.74) is 5.76.